The molecule has 15 aliphatic rings. The predicted molar refractivity (Wildman–Crippen MR) is 545 cm³/mol. The summed E-state index contributed by atoms with van der Waals surface area (Å²) in [4.78, 5) is 155. The fourth-order valence-corrected chi connectivity index (χ4v) is 27.7. The van der Waals surface area contributed by atoms with Gasteiger partial charge in [-0.1, -0.05) is 0 Å². The Morgan fingerprint density at radius 3 is 0.723 bits per heavy atom. The second-order valence-electron chi connectivity index (χ2n) is 43.8. The lowest BCUT2D eigenvalue weighted by Gasteiger charge is -2.32. The molecule has 23 rings (SSSR count). The number of hydrogen-bond acceptors (Lipinski definition) is 28. The first-order chi connectivity index (χ1) is 67.8. The summed E-state index contributed by atoms with van der Waals surface area (Å²) in [5.74, 6) is 3.79. The summed E-state index contributed by atoms with van der Waals surface area (Å²) in [5.41, 5.74) is 8.55. The van der Waals surface area contributed by atoms with Crippen molar-refractivity contribution in [1.29, 1.82) is 0 Å². The van der Waals surface area contributed by atoms with Gasteiger partial charge in [0.2, 0.25) is 0 Å². The number of carbonyl (C=O) groups is 8. The van der Waals surface area contributed by atoms with Crippen LogP contribution in [-0.2, 0) is 0 Å². The van der Waals surface area contributed by atoms with Gasteiger partial charge in [0.05, 0.1) is 68.1 Å². The average Bonchev–Trinajstić information content (AvgIpc) is 1.62. The van der Waals surface area contributed by atoms with E-state index in [0.717, 1.165) is 209 Å². The number of hydrogen-bond donors (Lipinski definition) is 12. The van der Waals surface area contributed by atoms with Crippen LogP contribution < -0.4 is 42.5 Å². The number of aliphatic hydroxyl groups excluding tert-OH is 4. The molecule has 0 aromatic carbocycles. The van der Waals surface area contributed by atoms with Gasteiger partial charge in [0.15, 0.2) is 20.0 Å². The molecule has 7 aliphatic carbocycles. The van der Waals surface area contributed by atoms with Crippen LogP contribution in [0.2, 0.25) is 0 Å². The normalized spacial score (nSPS) is 27.4. The number of aliphatic hydroxyl groups is 4. The molecule has 15 fully saturated rings. The second kappa shape index (κ2) is 40.8. The van der Waals surface area contributed by atoms with Gasteiger partial charge < -0.3 is 82.6 Å². The molecular formula is C105H136N20O12S4. The van der Waals surface area contributed by atoms with Gasteiger partial charge in [-0.25, -0.2) is 39.9 Å². The van der Waals surface area contributed by atoms with Gasteiger partial charge in [0.1, 0.15) is 46.0 Å². The standard InChI is InChI=1S/C27H35N5O3S.2C26H33N5O3S.C26H35N5O3S/c1-14-12-22(29-15(2)16-6-7-16)28-13-19(14)24-23(27(35)32-17-8-9-18(32)11-10-17)31-26(36-24)25(34)30-20-4-3-5-21(20)33;2*1-13-11-21(28-14(2)15-3-4-15)27-12-18(13)23-22(26(34)31-16-5-6-17(31)8-7-16)30-25(35-23)24(33)29-19-9-10-20(19)32;1-14-12-20(30-26(2,3)4)27-13-17(14)22-21(25(34)31-15-8-9-16(31)11-10-15)29-24(35-22)23(33)28-18-6-5-7-19(18)32/h12-13,15-18,20-21,33H,3-11H2,1-2H3,(H,28,29)(H,30,34);2*11-12,14-17,19-20,32H,3-10H2,1-2H3,(H,27,28)(H,29,33);12-13,15-16,18-19,32H,5-11H2,1-4H3,(H,27,30)(H,28,33)/t15-,17?,18?,20-,21-;14-,16?,17?,19+,20+;14-,16?,17?,19-,20-;15?,16?,18-,19-/m1110/s1. The van der Waals surface area contributed by atoms with E-state index in [1.54, 1.807) is 18.6 Å². The van der Waals surface area contributed by atoms with Crippen molar-refractivity contribution >= 4 is 116 Å². The third-order valence-corrected chi connectivity index (χ3v) is 36.9. The SMILES string of the molecule is Cc1cc(NC(C)(C)C)ncc1-c1sc(C(=O)N[C@H]2CCC[C@@H]2O)nc1C(=O)N1C2CCC1CC2.Cc1cc(N[C@H](C)C2CC2)ncc1-c1sc(C(=O)N[C@@H]2CCC[C@H]2O)nc1C(=O)N1C2CCC1CC2.Cc1cc(N[C@H](C)C2CC2)ncc1-c1sc(C(=O)N[C@@H]2CC[C@H]2O)nc1C(=O)N1C2CCC1CC2.Cc1cc(N[C@H](C)C2CC2)ncc1-c1sc(C(=O)N[C@H]2CC[C@@H]2O)nc1C(=O)N1C2CCC1CC2. The van der Waals surface area contributed by atoms with E-state index >= 15 is 0 Å². The topological polar surface area (TPSA) is 430 Å². The van der Waals surface area contributed by atoms with Crippen molar-refractivity contribution in [1.82, 2.24) is 80.7 Å². The van der Waals surface area contributed by atoms with Crippen molar-refractivity contribution in [3.05, 3.63) is 114 Å². The summed E-state index contributed by atoms with van der Waals surface area (Å²) in [6.07, 6.45) is 36.9. The minimum Gasteiger partial charge on any atom is -0.391 e. The van der Waals surface area contributed by atoms with Gasteiger partial charge in [-0.2, -0.15) is 0 Å². The van der Waals surface area contributed by atoms with Crippen molar-refractivity contribution in [3.8, 4) is 41.8 Å². The van der Waals surface area contributed by atoms with Crippen molar-refractivity contribution in [2.75, 3.05) is 21.3 Å². The van der Waals surface area contributed by atoms with E-state index in [9.17, 15) is 58.8 Å². The number of fused-ring (bicyclic) bond motifs is 8. The maximum Gasteiger partial charge on any atom is 0.280 e. The molecule has 8 aliphatic heterocycles. The number of nitrogens with zero attached hydrogens (tertiary/aromatic N) is 12. The maximum atomic E-state index is 13.8. The molecule has 36 heteroatoms. The lowest BCUT2D eigenvalue weighted by atomic mass is 9.89. The molecule has 12 N–H and O–H groups in total. The highest BCUT2D eigenvalue weighted by atomic mass is 32.1. The first-order valence-corrected chi connectivity index (χ1v) is 55.3. The number of carbonyl (C=O) groups excluding carboxylic acids is 8. The molecule has 752 valence electrons. The first kappa shape index (κ1) is 98.3. The summed E-state index contributed by atoms with van der Waals surface area (Å²) in [6.45, 7) is 20.9. The molecule has 8 amide bonds. The highest BCUT2D eigenvalue weighted by Crippen LogP contribution is 2.49. The average molecular weight is 2000 g/mol. The Morgan fingerprint density at radius 2 is 0.532 bits per heavy atom. The van der Waals surface area contributed by atoms with E-state index in [-0.39, 0.29) is 145 Å². The number of thiazole rings is 4. The smallest absolute Gasteiger partial charge is 0.280 e. The van der Waals surface area contributed by atoms with Crippen LogP contribution in [0.25, 0.3) is 41.8 Å². The highest BCUT2D eigenvalue weighted by Gasteiger charge is 2.50. The maximum absolute atomic E-state index is 13.8. The van der Waals surface area contributed by atoms with Crippen LogP contribution >= 0.6 is 45.3 Å². The minimum atomic E-state index is -0.533. The summed E-state index contributed by atoms with van der Waals surface area (Å²) in [7, 11) is 0. The molecule has 8 aromatic heterocycles. The summed E-state index contributed by atoms with van der Waals surface area (Å²) >= 11 is 4.98. The van der Waals surface area contributed by atoms with Crippen LogP contribution in [0, 0.1) is 45.4 Å². The Labute approximate surface area is 840 Å². The number of aromatic nitrogens is 8. The highest BCUT2D eigenvalue weighted by molar-refractivity contribution is 7.18. The van der Waals surface area contributed by atoms with Crippen LogP contribution in [0.4, 0.5) is 23.3 Å². The fourth-order valence-electron chi connectivity index (χ4n) is 23.6. The third-order valence-electron chi connectivity index (χ3n) is 32.6. The molecular weight excluding hydrogens is 1860 g/mol. The summed E-state index contributed by atoms with van der Waals surface area (Å²) < 4.78 is 0. The van der Waals surface area contributed by atoms with Gasteiger partial charge in [0, 0.05) is 119 Å². The Bertz CT molecular complexity index is 5820. The van der Waals surface area contributed by atoms with Crippen molar-refractivity contribution in [2.24, 2.45) is 17.8 Å². The van der Waals surface area contributed by atoms with Crippen LogP contribution in [0.15, 0.2) is 49.1 Å². The first-order valence-electron chi connectivity index (χ1n) is 52.0. The number of anilines is 4. The fraction of sp³-hybridized carbons (Fsp3) is 0.619. The van der Waals surface area contributed by atoms with Crippen LogP contribution in [0.5, 0.6) is 0 Å². The summed E-state index contributed by atoms with van der Waals surface area (Å²) in [6, 6.07) is 10.4. The third kappa shape index (κ3) is 21.0. The van der Waals surface area contributed by atoms with E-state index in [0.29, 0.717) is 104 Å². The molecule has 0 unspecified atom stereocenters. The van der Waals surface area contributed by atoms with E-state index in [4.69, 9.17) is 0 Å². The second-order valence-corrected chi connectivity index (χ2v) is 47.8. The largest absolute Gasteiger partial charge is 0.391 e. The van der Waals surface area contributed by atoms with Crippen LogP contribution in [0.1, 0.15) is 350 Å². The Balaban J connectivity index is 0.000000115. The zero-order valence-electron chi connectivity index (χ0n) is 82.5. The van der Waals surface area contributed by atoms with Crippen LogP contribution in [0.3, 0.4) is 0 Å². The zero-order chi connectivity index (χ0) is 98.4. The van der Waals surface area contributed by atoms with Crippen molar-refractivity contribution in [2.45, 2.75) is 395 Å². The zero-order valence-corrected chi connectivity index (χ0v) is 85.8. The van der Waals surface area contributed by atoms with Gasteiger partial charge in [-0.3, -0.25) is 38.4 Å². The van der Waals surface area contributed by atoms with E-state index < -0.39 is 24.4 Å². The molecule has 8 aromatic rings. The number of rotatable bonds is 26. The van der Waals surface area contributed by atoms with Gasteiger partial charge in [-0.15, -0.1) is 45.3 Å². The Hall–Kier alpha value is -10.1. The molecule has 8 saturated heterocycles. The lowest BCUT2D eigenvalue weighted by molar-refractivity contribution is 0.0447. The van der Waals surface area contributed by atoms with Gasteiger partial charge in [0.25, 0.3) is 47.3 Å². The minimum absolute atomic E-state index is 0.0739. The molecule has 11 atom stereocenters. The molecule has 141 heavy (non-hydrogen) atoms. The number of aryl methyl sites for hydroxylation is 4. The quantitative estimate of drug-likeness (QED) is 0.0239. The van der Waals surface area contributed by atoms with E-state index in [1.165, 1.54) is 83.9 Å². The number of pyridine rings is 4. The van der Waals surface area contributed by atoms with Crippen LogP contribution in [-0.4, -0.2) is 248 Å². The molecule has 8 bridgehead atoms. The van der Waals surface area contributed by atoms with Gasteiger partial charge in [-0.05, 0) is 339 Å². The molecule has 16 heterocycles. The van der Waals surface area contributed by atoms with Gasteiger partial charge >= 0.3 is 0 Å². The van der Waals surface area contributed by atoms with Crippen molar-refractivity contribution in [3.63, 3.8) is 0 Å². The Kier molecular flexibility index (Phi) is 28.5. The summed E-state index contributed by atoms with van der Waals surface area (Å²) in [5, 5.41) is 66.7. The predicted octanol–water partition coefficient (Wildman–Crippen LogP) is 15.8. The number of amides is 8. The van der Waals surface area contributed by atoms with Crippen molar-refractivity contribution < 1.29 is 58.8 Å². The molecule has 32 nitrogen and oxygen atoms in total. The molecule has 0 radical (unpaired) electrons. The van der Waals surface area contributed by atoms with E-state index in [1.807, 2.05) is 77.8 Å². The Morgan fingerprint density at radius 1 is 0.312 bits per heavy atom. The monoisotopic (exact) mass is 2000 g/mol. The molecule has 0 spiro atoms. The lowest BCUT2D eigenvalue weighted by Crippen LogP contribution is -2.50. The van der Waals surface area contributed by atoms with E-state index in [2.05, 4.69) is 124 Å². The number of nitrogens with one attached hydrogen (secondary N) is 8. The molecule has 7 saturated carbocycles.